The summed E-state index contributed by atoms with van der Waals surface area (Å²) < 4.78 is 12.4. The standard InChI is InChI=1S/C21H24N4O3/c1-24-20-16(7-4-10-22-20)19(23-24)15-6-5-11-25(13-15)21(26)14-8-9-17(27-2)18(12-14)28-3/h4,7-10,12,15H,5-6,11,13H2,1-3H3. The third kappa shape index (κ3) is 3.17. The van der Waals surface area contributed by atoms with Gasteiger partial charge in [0.15, 0.2) is 17.1 Å². The Bertz CT molecular complexity index is 1010. The van der Waals surface area contributed by atoms with Crippen molar-refractivity contribution in [2.45, 2.75) is 18.8 Å². The highest BCUT2D eigenvalue weighted by atomic mass is 16.5. The third-order valence-electron chi connectivity index (χ3n) is 5.35. The first-order chi connectivity index (χ1) is 13.6. The van der Waals surface area contributed by atoms with Crippen molar-refractivity contribution in [3.05, 3.63) is 47.8 Å². The van der Waals surface area contributed by atoms with Gasteiger partial charge in [0.25, 0.3) is 5.91 Å². The number of rotatable bonds is 4. The number of carbonyl (C=O) groups excluding carboxylic acids is 1. The summed E-state index contributed by atoms with van der Waals surface area (Å²) in [7, 11) is 5.07. The number of carbonyl (C=O) groups is 1. The maximum Gasteiger partial charge on any atom is 0.254 e. The lowest BCUT2D eigenvalue weighted by molar-refractivity contribution is 0.0705. The van der Waals surface area contributed by atoms with Crippen LogP contribution < -0.4 is 9.47 Å². The fourth-order valence-electron chi connectivity index (χ4n) is 3.96. The number of nitrogens with zero attached hydrogens (tertiary/aromatic N) is 4. The van der Waals surface area contributed by atoms with Crippen molar-refractivity contribution >= 4 is 16.9 Å². The van der Waals surface area contributed by atoms with Crippen molar-refractivity contribution < 1.29 is 14.3 Å². The summed E-state index contributed by atoms with van der Waals surface area (Å²) in [5, 5.41) is 5.77. The van der Waals surface area contributed by atoms with E-state index in [1.54, 1.807) is 38.6 Å². The van der Waals surface area contributed by atoms with E-state index in [9.17, 15) is 4.79 Å². The van der Waals surface area contributed by atoms with Crippen LogP contribution in [0.25, 0.3) is 11.0 Å². The van der Waals surface area contributed by atoms with Crippen molar-refractivity contribution in [1.82, 2.24) is 19.7 Å². The molecule has 0 spiro atoms. The average molecular weight is 380 g/mol. The molecule has 1 fully saturated rings. The van der Waals surface area contributed by atoms with Crippen molar-refractivity contribution in [1.29, 1.82) is 0 Å². The van der Waals surface area contributed by atoms with Crippen LogP contribution in [0, 0.1) is 0 Å². The van der Waals surface area contributed by atoms with Crippen molar-refractivity contribution in [2.75, 3.05) is 27.3 Å². The summed E-state index contributed by atoms with van der Waals surface area (Å²) in [4.78, 5) is 19.4. The number of fused-ring (bicyclic) bond motifs is 1. The molecule has 1 amide bonds. The van der Waals surface area contributed by atoms with E-state index in [0.29, 0.717) is 23.6 Å². The van der Waals surface area contributed by atoms with E-state index in [1.807, 2.05) is 22.7 Å². The number of hydrogen-bond acceptors (Lipinski definition) is 5. The first kappa shape index (κ1) is 18.3. The Morgan fingerprint density at radius 2 is 2.00 bits per heavy atom. The van der Waals surface area contributed by atoms with Gasteiger partial charge in [-0.2, -0.15) is 5.10 Å². The summed E-state index contributed by atoms with van der Waals surface area (Å²) in [6, 6.07) is 9.28. The highest BCUT2D eigenvalue weighted by Gasteiger charge is 2.29. The van der Waals surface area contributed by atoms with E-state index in [0.717, 1.165) is 36.1 Å². The molecule has 0 N–H and O–H groups in total. The molecule has 1 atom stereocenters. The quantitative estimate of drug-likeness (QED) is 0.696. The largest absolute Gasteiger partial charge is 0.493 e. The number of likely N-dealkylation sites (tertiary alicyclic amines) is 1. The van der Waals surface area contributed by atoms with Crippen LogP contribution in [0.1, 0.15) is 34.8 Å². The summed E-state index contributed by atoms with van der Waals surface area (Å²) in [6.07, 6.45) is 3.74. The van der Waals surface area contributed by atoms with Gasteiger partial charge in [0.2, 0.25) is 0 Å². The highest BCUT2D eigenvalue weighted by molar-refractivity contribution is 5.95. The Hall–Kier alpha value is -3.09. The number of aromatic nitrogens is 3. The molecule has 3 aromatic rings. The summed E-state index contributed by atoms with van der Waals surface area (Å²) >= 11 is 0. The van der Waals surface area contributed by atoms with E-state index in [1.165, 1.54) is 0 Å². The minimum Gasteiger partial charge on any atom is -0.493 e. The second-order valence-corrected chi connectivity index (χ2v) is 7.04. The molecular formula is C21H24N4O3. The molecule has 3 heterocycles. The van der Waals surface area contributed by atoms with Crippen molar-refractivity contribution in [3.8, 4) is 11.5 Å². The van der Waals surface area contributed by atoms with Gasteiger partial charge in [-0.3, -0.25) is 9.48 Å². The zero-order chi connectivity index (χ0) is 19.7. The number of pyridine rings is 1. The Balaban J connectivity index is 1.59. The summed E-state index contributed by atoms with van der Waals surface area (Å²) in [6.45, 7) is 1.39. The lowest BCUT2D eigenvalue weighted by Gasteiger charge is -2.32. The summed E-state index contributed by atoms with van der Waals surface area (Å²) in [5.41, 5.74) is 2.50. The Morgan fingerprint density at radius 1 is 1.18 bits per heavy atom. The molecule has 0 aliphatic carbocycles. The fraction of sp³-hybridized carbons (Fsp3) is 0.381. The van der Waals surface area contributed by atoms with Gasteiger partial charge in [0, 0.05) is 43.2 Å². The number of benzene rings is 1. The minimum absolute atomic E-state index is 0.00372. The van der Waals surface area contributed by atoms with Crippen molar-refractivity contribution in [3.63, 3.8) is 0 Å². The predicted molar refractivity (Wildman–Crippen MR) is 106 cm³/mol. The second-order valence-electron chi connectivity index (χ2n) is 7.04. The average Bonchev–Trinajstić information content (AvgIpc) is 3.09. The van der Waals surface area contributed by atoms with E-state index in [2.05, 4.69) is 11.1 Å². The first-order valence-corrected chi connectivity index (χ1v) is 9.41. The van der Waals surface area contributed by atoms with Crippen LogP contribution in [-0.4, -0.2) is 52.9 Å². The number of piperidine rings is 1. The lowest BCUT2D eigenvalue weighted by atomic mass is 9.93. The van der Waals surface area contributed by atoms with Crippen LogP contribution in [0.2, 0.25) is 0 Å². The molecule has 7 heteroatoms. The van der Waals surface area contributed by atoms with Crippen LogP contribution in [-0.2, 0) is 7.05 Å². The van der Waals surface area contributed by atoms with Gasteiger partial charge >= 0.3 is 0 Å². The number of aryl methyl sites for hydroxylation is 1. The van der Waals surface area contributed by atoms with Crippen LogP contribution in [0.3, 0.4) is 0 Å². The molecule has 0 saturated carbocycles. The molecule has 28 heavy (non-hydrogen) atoms. The zero-order valence-corrected chi connectivity index (χ0v) is 16.4. The first-order valence-electron chi connectivity index (χ1n) is 9.41. The van der Waals surface area contributed by atoms with Gasteiger partial charge in [-0.25, -0.2) is 4.98 Å². The molecule has 0 radical (unpaired) electrons. The molecule has 1 aromatic carbocycles. The number of hydrogen-bond donors (Lipinski definition) is 0. The molecule has 1 unspecified atom stereocenters. The van der Waals surface area contributed by atoms with Crippen LogP contribution in [0.15, 0.2) is 36.5 Å². The molecule has 0 bridgehead atoms. The molecule has 7 nitrogen and oxygen atoms in total. The van der Waals surface area contributed by atoms with Gasteiger partial charge in [0.05, 0.1) is 19.9 Å². The Morgan fingerprint density at radius 3 is 2.79 bits per heavy atom. The maximum absolute atomic E-state index is 13.1. The van der Waals surface area contributed by atoms with Crippen LogP contribution in [0.4, 0.5) is 0 Å². The van der Waals surface area contributed by atoms with Crippen molar-refractivity contribution in [2.24, 2.45) is 7.05 Å². The van der Waals surface area contributed by atoms with Gasteiger partial charge in [-0.15, -0.1) is 0 Å². The Kier molecular flexibility index (Phi) is 4.90. The van der Waals surface area contributed by atoms with Gasteiger partial charge in [-0.05, 0) is 43.2 Å². The minimum atomic E-state index is 0.00372. The normalized spacial score (nSPS) is 17.0. The van der Waals surface area contributed by atoms with Gasteiger partial charge in [-0.1, -0.05) is 0 Å². The lowest BCUT2D eigenvalue weighted by Crippen LogP contribution is -2.39. The van der Waals surface area contributed by atoms with E-state index in [-0.39, 0.29) is 11.8 Å². The predicted octanol–water partition coefficient (Wildman–Crippen LogP) is 3.01. The number of amides is 1. The molecular weight excluding hydrogens is 356 g/mol. The number of methoxy groups -OCH3 is 2. The van der Waals surface area contributed by atoms with Gasteiger partial charge < -0.3 is 14.4 Å². The smallest absolute Gasteiger partial charge is 0.254 e. The third-order valence-corrected chi connectivity index (χ3v) is 5.35. The molecule has 2 aromatic heterocycles. The molecule has 1 aliphatic heterocycles. The van der Waals surface area contributed by atoms with Crippen LogP contribution in [0.5, 0.6) is 11.5 Å². The Labute approximate surface area is 163 Å². The van der Waals surface area contributed by atoms with E-state index in [4.69, 9.17) is 14.6 Å². The zero-order valence-electron chi connectivity index (χ0n) is 16.4. The molecule has 1 aliphatic rings. The SMILES string of the molecule is COc1ccc(C(=O)N2CCCC(c3nn(C)c4ncccc34)C2)cc1OC. The second kappa shape index (κ2) is 7.50. The van der Waals surface area contributed by atoms with Crippen LogP contribution >= 0.6 is 0 Å². The molecule has 4 rings (SSSR count). The fourth-order valence-corrected chi connectivity index (χ4v) is 3.96. The van der Waals surface area contributed by atoms with E-state index >= 15 is 0 Å². The summed E-state index contributed by atoms with van der Waals surface area (Å²) in [5.74, 6) is 1.38. The topological polar surface area (TPSA) is 69.5 Å². The maximum atomic E-state index is 13.1. The molecule has 1 saturated heterocycles. The monoisotopic (exact) mass is 380 g/mol. The number of ether oxygens (including phenoxy) is 2. The van der Waals surface area contributed by atoms with E-state index < -0.39 is 0 Å². The molecule has 146 valence electrons. The van der Waals surface area contributed by atoms with Gasteiger partial charge in [0.1, 0.15) is 0 Å². The highest BCUT2D eigenvalue weighted by Crippen LogP contribution is 2.32.